The Kier molecular flexibility index (Phi) is 7.68. The minimum absolute atomic E-state index is 0. The molecular weight excluding hydrogens is 288 g/mol. The van der Waals surface area contributed by atoms with E-state index in [-0.39, 0.29) is 41.3 Å². The summed E-state index contributed by atoms with van der Waals surface area (Å²) in [7, 11) is 0. The van der Waals surface area contributed by atoms with Crippen molar-refractivity contribution >= 4 is 18.3 Å². The molecule has 4 nitrogen and oxygen atoms in total. The van der Waals surface area contributed by atoms with Crippen molar-refractivity contribution in [3.8, 4) is 0 Å². The number of halogens is 1. The monoisotopic (exact) mass is 320 g/mol. The van der Waals surface area contributed by atoms with Gasteiger partial charge in [-0.1, -0.05) is 48.0 Å². The van der Waals surface area contributed by atoms with E-state index in [1.54, 1.807) is 0 Å². The Hall–Kier alpha value is -0.320. The molecule has 1 fully saturated rings. The summed E-state index contributed by atoms with van der Waals surface area (Å²) in [5.41, 5.74) is 5.77. The minimum Gasteiger partial charge on any atom is -0.378 e. The molecule has 21 heavy (non-hydrogen) atoms. The number of carbonyl (C=O) groups is 1. The van der Waals surface area contributed by atoms with Crippen LogP contribution in [-0.2, 0) is 9.53 Å². The lowest BCUT2D eigenvalue weighted by molar-refractivity contribution is -0.140. The normalized spacial score (nSPS) is 25.5. The van der Waals surface area contributed by atoms with E-state index >= 15 is 0 Å². The van der Waals surface area contributed by atoms with Gasteiger partial charge in [0.1, 0.15) is 0 Å². The van der Waals surface area contributed by atoms with Gasteiger partial charge in [-0.2, -0.15) is 0 Å². The number of nitrogens with one attached hydrogen (secondary N) is 1. The maximum atomic E-state index is 12.2. The smallest absolute Gasteiger partial charge is 0.237 e. The number of amides is 1. The molecule has 0 aromatic heterocycles. The second-order valence-corrected chi connectivity index (χ2v) is 7.67. The lowest BCUT2D eigenvalue weighted by Gasteiger charge is -2.52. The molecule has 0 bridgehead atoms. The Bertz CT molecular complexity index is 340. The first-order chi connectivity index (χ1) is 9.10. The second kappa shape index (κ2) is 7.80. The maximum absolute atomic E-state index is 12.2. The number of rotatable bonds is 6. The Morgan fingerprint density at radius 2 is 2.00 bits per heavy atom. The Morgan fingerprint density at radius 1 is 1.43 bits per heavy atom. The largest absolute Gasteiger partial charge is 0.378 e. The van der Waals surface area contributed by atoms with Crippen LogP contribution >= 0.6 is 12.4 Å². The summed E-state index contributed by atoms with van der Waals surface area (Å²) in [4.78, 5) is 12.2. The molecule has 1 amide bonds. The van der Waals surface area contributed by atoms with Gasteiger partial charge in [-0.3, -0.25) is 4.79 Å². The van der Waals surface area contributed by atoms with Crippen molar-refractivity contribution in [2.75, 3.05) is 6.61 Å². The summed E-state index contributed by atoms with van der Waals surface area (Å²) >= 11 is 0. The molecule has 0 heterocycles. The van der Waals surface area contributed by atoms with Gasteiger partial charge in [0.2, 0.25) is 5.91 Å². The Labute approximate surface area is 136 Å². The summed E-state index contributed by atoms with van der Waals surface area (Å²) in [6, 6.07) is -0.312. The summed E-state index contributed by atoms with van der Waals surface area (Å²) in [6.45, 7) is 13.2. The van der Waals surface area contributed by atoms with E-state index in [0.717, 1.165) is 25.9 Å². The van der Waals surface area contributed by atoms with Crippen molar-refractivity contribution in [1.82, 2.24) is 5.32 Å². The van der Waals surface area contributed by atoms with Crippen molar-refractivity contribution in [3.05, 3.63) is 0 Å². The third-order valence-electron chi connectivity index (χ3n) is 4.53. The third-order valence-corrected chi connectivity index (χ3v) is 4.53. The van der Waals surface area contributed by atoms with Crippen LogP contribution in [-0.4, -0.2) is 30.7 Å². The highest BCUT2D eigenvalue weighted by molar-refractivity contribution is 5.85. The number of hydrogen-bond acceptors (Lipinski definition) is 3. The minimum atomic E-state index is -0.474. The van der Waals surface area contributed by atoms with Crippen LogP contribution in [0.3, 0.4) is 0 Å². The molecule has 0 aliphatic heterocycles. The van der Waals surface area contributed by atoms with Gasteiger partial charge < -0.3 is 15.8 Å². The van der Waals surface area contributed by atoms with Crippen LogP contribution < -0.4 is 11.1 Å². The molecule has 2 unspecified atom stereocenters. The number of unbranched alkanes of at least 4 members (excludes halogenated alkanes) is 1. The highest BCUT2D eigenvalue weighted by atomic mass is 35.5. The van der Waals surface area contributed by atoms with Gasteiger partial charge in [0, 0.05) is 18.1 Å². The van der Waals surface area contributed by atoms with Crippen LogP contribution in [0.15, 0.2) is 0 Å². The lowest BCUT2D eigenvalue weighted by atomic mass is 9.64. The van der Waals surface area contributed by atoms with Gasteiger partial charge in [-0.25, -0.2) is 0 Å². The SMILES string of the molecule is CCCCOC1CC(NC(=O)[C@@H](N)C(C)(C)C)C1(C)C.Cl. The first-order valence-electron chi connectivity index (χ1n) is 7.78. The maximum Gasteiger partial charge on any atom is 0.237 e. The van der Waals surface area contributed by atoms with E-state index in [0.29, 0.717) is 0 Å². The fourth-order valence-corrected chi connectivity index (χ4v) is 2.44. The number of carbonyl (C=O) groups excluding carboxylic acids is 1. The zero-order valence-corrected chi connectivity index (χ0v) is 15.2. The molecular formula is C16H33ClN2O2. The number of nitrogens with two attached hydrogens (primary N) is 1. The standard InChI is InChI=1S/C16H32N2O2.ClH/c1-7-8-9-20-12-10-11(16(12,5)6)18-14(19)13(17)15(2,3)4;/h11-13H,7-10,17H2,1-6H3,(H,18,19);1H/t11?,12?,13-;/m1./s1. The molecule has 0 saturated heterocycles. The molecule has 0 radical (unpaired) electrons. The molecule has 0 aromatic carbocycles. The molecule has 0 aromatic rings. The molecule has 1 aliphatic rings. The highest BCUT2D eigenvalue weighted by Crippen LogP contribution is 2.43. The van der Waals surface area contributed by atoms with E-state index in [4.69, 9.17) is 10.5 Å². The Balaban J connectivity index is 0.00000400. The summed E-state index contributed by atoms with van der Waals surface area (Å²) < 4.78 is 5.89. The zero-order valence-electron chi connectivity index (χ0n) is 14.4. The van der Waals surface area contributed by atoms with E-state index < -0.39 is 6.04 Å². The van der Waals surface area contributed by atoms with E-state index in [1.165, 1.54) is 0 Å². The first-order valence-corrected chi connectivity index (χ1v) is 7.78. The van der Waals surface area contributed by atoms with Crippen molar-refractivity contribution in [1.29, 1.82) is 0 Å². The summed E-state index contributed by atoms with van der Waals surface area (Å²) in [5, 5.41) is 3.09. The van der Waals surface area contributed by atoms with Crippen LogP contribution in [0.5, 0.6) is 0 Å². The average Bonchev–Trinajstić information content (AvgIpc) is 2.34. The lowest BCUT2D eigenvalue weighted by Crippen LogP contribution is -2.64. The first kappa shape index (κ1) is 20.7. The molecule has 5 heteroatoms. The molecule has 3 N–H and O–H groups in total. The Morgan fingerprint density at radius 3 is 2.43 bits per heavy atom. The molecule has 1 aliphatic carbocycles. The molecule has 1 saturated carbocycles. The van der Waals surface area contributed by atoms with Crippen molar-refractivity contribution in [3.63, 3.8) is 0 Å². The van der Waals surface area contributed by atoms with Crippen LogP contribution in [0.1, 0.15) is 60.8 Å². The predicted octanol–water partition coefficient (Wildman–Crippen LogP) is 2.88. The van der Waals surface area contributed by atoms with Crippen molar-refractivity contribution < 1.29 is 9.53 Å². The average molecular weight is 321 g/mol. The number of ether oxygens (including phenoxy) is 1. The van der Waals surface area contributed by atoms with Crippen molar-refractivity contribution in [2.24, 2.45) is 16.6 Å². The highest BCUT2D eigenvalue weighted by Gasteiger charge is 2.50. The van der Waals surface area contributed by atoms with Crippen LogP contribution in [0, 0.1) is 10.8 Å². The molecule has 126 valence electrons. The predicted molar refractivity (Wildman–Crippen MR) is 89.7 cm³/mol. The number of hydrogen-bond donors (Lipinski definition) is 2. The van der Waals surface area contributed by atoms with Crippen molar-refractivity contribution in [2.45, 2.75) is 79.0 Å². The van der Waals surface area contributed by atoms with Crippen LogP contribution in [0.4, 0.5) is 0 Å². The topological polar surface area (TPSA) is 64.3 Å². The van der Waals surface area contributed by atoms with E-state index in [9.17, 15) is 4.79 Å². The third kappa shape index (κ3) is 5.11. The van der Waals surface area contributed by atoms with E-state index in [1.807, 2.05) is 20.8 Å². The molecule has 3 atom stereocenters. The van der Waals surface area contributed by atoms with Gasteiger partial charge >= 0.3 is 0 Å². The van der Waals surface area contributed by atoms with Gasteiger partial charge in [0.05, 0.1) is 12.1 Å². The molecule has 0 spiro atoms. The van der Waals surface area contributed by atoms with Gasteiger partial charge in [-0.05, 0) is 18.3 Å². The fourth-order valence-electron chi connectivity index (χ4n) is 2.44. The van der Waals surface area contributed by atoms with Crippen LogP contribution in [0.25, 0.3) is 0 Å². The van der Waals surface area contributed by atoms with E-state index in [2.05, 4.69) is 26.1 Å². The second-order valence-electron chi connectivity index (χ2n) is 7.67. The quantitative estimate of drug-likeness (QED) is 0.740. The zero-order chi connectivity index (χ0) is 15.6. The summed E-state index contributed by atoms with van der Waals surface area (Å²) in [5.74, 6) is -0.0532. The van der Waals surface area contributed by atoms with Crippen LogP contribution in [0.2, 0.25) is 0 Å². The molecule has 1 rings (SSSR count). The van der Waals surface area contributed by atoms with Gasteiger partial charge in [0.25, 0.3) is 0 Å². The van der Waals surface area contributed by atoms with Gasteiger partial charge in [0.15, 0.2) is 0 Å². The summed E-state index contributed by atoms with van der Waals surface area (Å²) in [6.07, 6.45) is 3.37. The van der Waals surface area contributed by atoms with Gasteiger partial charge in [-0.15, -0.1) is 12.4 Å². The fraction of sp³-hybridized carbons (Fsp3) is 0.938.